The number of ketones is 1. The molecule has 2 atom stereocenters. The van der Waals surface area contributed by atoms with Gasteiger partial charge in [-0.1, -0.05) is 29.8 Å². The van der Waals surface area contributed by atoms with Crippen molar-refractivity contribution in [2.24, 2.45) is 0 Å². The van der Waals surface area contributed by atoms with Gasteiger partial charge in [-0.2, -0.15) is 0 Å². The van der Waals surface area contributed by atoms with Gasteiger partial charge in [-0.15, -0.1) is 0 Å². The van der Waals surface area contributed by atoms with Crippen LogP contribution in [0.25, 0.3) is 5.76 Å². The van der Waals surface area contributed by atoms with Gasteiger partial charge in [0.1, 0.15) is 17.6 Å². The summed E-state index contributed by atoms with van der Waals surface area (Å²) in [7, 11) is 0. The highest BCUT2D eigenvalue weighted by Gasteiger charge is 2.45. The summed E-state index contributed by atoms with van der Waals surface area (Å²) in [5.74, 6) is -0.603. The number of fused-ring (bicyclic) bond motifs is 1. The normalized spacial score (nSPS) is 21.1. The molecule has 0 saturated carbocycles. The third-order valence-corrected chi connectivity index (χ3v) is 6.48. The molecule has 1 saturated heterocycles. The van der Waals surface area contributed by atoms with Crippen LogP contribution in [0.3, 0.4) is 0 Å². The van der Waals surface area contributed by atoms with Crippen LogP contribution in [0.5, 0.6) is 5.75 Å². The molecule has 5 rings (SSSR count). The van der Waals surface area contributed by atoms with Crippen LogP contribution in [0.4, 0.5) is 0 Å². The summed E-state index contributed by atoms with van der Waals surface area (Å²) in [6.07, 6.45) is 6.76. The summed E-state index contributed by atoms with van der Waals surface area (Å²) in [6, 6.07) is 12.5. The van der Waals surface area contributed by atoms with E-state index in [0.717, 1.165) is 28.9 Å². The van der Waals surface area contributed by atoms with E-state index in [9.17, 15) is 14.7 Å². The van der Waals surface area contributed by atoms with Crippen molar-refractivity contribution >= 4 is 17.4 Å². The Labute approximate surface area is 198 Å². The zero-order valence-corrected chi connectivity index (χ0v) is 19.3. The van der Waals surface area contributed by atoms with E-state index in [-0.39, 0.29) is 17.4 Å². The van der Waals surface area contributed by atoms with Crippen molar-refractivity contribution < 1.29 is 19.4 Å². The van der Waals surface area contributed by atoms with Crippen molar-refractivity contribution in [2.45, 2.75) is 45.4 Å². The van der Waals surface area contributed by atoms with E-state index in [0.29, 0.717) is 25.1 Å². The number of aliphatic hydroxyl groups is 1. The first-order chi connectivity index (χ1) is 16.4. The topological polar surface area (TPSA) is 84.7 Å². The zero-order chi connectivity index (χ0) is 23.8. The molecule has 2 aliphatic heterocycles. The molecule has 0 aliphatic carbocycles. The molecule has 1 fully saturated rings. The standard InChI is InChI=1S/C27H27N3O4/c1-17-4-6-19(7-5-17)24-23(25(31)20-8-9-22-21(15-20)14-18(2)34-22)26(32)27(33)30(24)12-3-11-29-13-10-28-16-29/h4-10,13,15-16,18,24,31H,3,11-12,14H2,1-2H3/t18-,24+/m1/s1. The molecular formula is C27H27N3O4. The number of nitrogens with zero attached hydrogens (tertiary/aromatic N) is 3. The van der Waals surface area contributed by atoms with Gasteiger partial charge in [-0.3, -0.25) is 9.59 Å². The molecule has 3 aromatic rings. The lowest BCUT2D eigenvalue weighted by molar-refractivity contribution is -0.139. The number of carbonyl (C=O) groups is 2. The van der Waals surface area contributed by atoms with Crippen LogP contribution < -0.4 is 4.74 Å². The minimum atomic E-state index is -0.657. The maximum absolute atomic E-state index is 13.2. The van der Waals surface area contributed by atoms with Crippen LogP contribution in [0, 0.1) is 6.92 Å². The van der Waals surface area contributed by atoms with E-state index in [1.165, 1.54) is 0 Å². The summed E-state index contributed by atoms with van der Waals surface area (Å²) < 4.78 is 7.70. The quantitative estimate of drug-likeness (QED) is 0.343. The number of imidazole rings is 1. The van der Waals surface area contributed by atoms with Crippen LogP contribution in [0.2, 0.25) is 0 Å². The van der Waals surface area contributed by atoms with Crippen LogP contribution in [0.15, 0.2) is 66.8 Å². The van der Waals surface area contributed by atoms with Gasteiger partial charge in [0.25, 0.3) is 11.7 Å². The van der Waals surface area contributed by atoms with Gasteiger partial charge < -0.3 is 19.3 Å². The second kappa shape index (κ2) is 8.82. The number of aromatic nitrogens is 2. The molecule has 1 amide bonds. The first kappa shape index (κ1) is 21.9. The number of benzene rings is 2. The number of hydrogen-bond acceptors (Lipinski definition) is 5. The molecular weight excluding hydrogens is 430 g/mol. The molecule has 7 nitrogen and oxygen atoms in total. The molecule has 1 aromatic heterocycles. The third-order valence-electron chi connectivity index (χ3n) is 6.48. The van der Waals surface area contributed by atoms with Crippen LogP contribution in [0.1, 0.15) is 41.6 Å². The smallest absolute Gasteiger partial charge is 0.295 e. The molecule has 174 valence electrons. The van der Waals surface area contributed by atoms with Crippen LogP contribution in [-0.2, 0) is 22.6 Å². The fraction of sp³-hybridized carbons (Fsp3) is 0.296. The zero-order valence-electron chi connectivity index (χ0n) is 19.3. The first-order valence-corrected chi connectivity index (χ1v) is 11.5. The molecule has 0 radical (unpaired) electrons. The van der Waals surface area contributed by atoms with Crippen molar-refractivity contribution in [1.82, 2.24) is 14.5 Å². The molecule has 34 heavy (non-hydrogen) atoms. The Balaban J connectivity index is 1.52. The Morgan fingerprint density at radius 2 is 1.94 bits per heavy atom. The Hall–Kier alpha value is -3.87. The molecule has 3 heterocycles. The lowest BCUT2D eigenvalue weighted by atomic mass is 9.94. The van der Waals surface area contributed by atoms with E-state index in [1.54, 1.807) is 23.5 Å². The van der Waals surface area contributed by atoms with E-state index in [4.69, 9.17) is 4.74 Å². The van der Waals surface area contributed by atoms with Gasteiger partial charge in [-0.25, -0.2) is 4.98 Å². The summed E-state index contributed by atoms with van der Waals surface area (Å²) in [4.78, 5) is 32.0. The highest BCUT2D eigenvalue weighted by Crippen LogP contribution is 2.40. The molecule has 2 aliphatic rings. The Kier molecular flexibility index (Phi) is 5.69. The number of carbonyl (C=O) groups excluding carboxylic acids is 2. The lowest BCUT2D eigenvalue weighted by Crippen LogP contribution is -2.31. The second-order valence-electron chi connectivity index (χ2n) is 9.01. The summed E-state index contributed by atoms with van der Waals surface area (Å²) in [5, 5.41) is 11.3. The van der Waals surface area contributed by atoms with Crippen LogP contribution in [-0.4, -0.2) is 43.9 Å². The van der Waals surface area contributed by atoms with Gasteiger partial charge in [0.05, 0.1) is 17.9 Å². The van der Waals surface area contributed by atoms with Crippen molar-refractivity contribution in [3.8, 4) is 5.75 Å². The Bertz CT molecular complexity index is 1260. The minimum Gasteiger partial charge on any atom is -0.507 e. The fourth-order valence-electron chi connectivity index (χ4n) is 4.77. The largest absolute Gasteiger partial charge is 0.507 e. The van der Waals surface area contributed by atoms with Crippen LogP contribution >= 0.6 is 0 Å². The number of rotatable bonds is 6. The van der Waals surface area contributed by atoms with Gasteiger partial charge in [0, 0.05) is 37.5 Å². The molecule has 7 heteroatoms. The molecule has 1 N–H and O–H groups in total. The van der Waals surface area contributed by atoms with Crippen molar-refractivity contribution in [1.29, 1.82) is 0 Å². The molecule has 0 bridgehead atoms. The molecule has 2 aromatic carbocycles. The average molecular weight is 458 g/mol. The number of aliphatic hydroxyl groups excluding tert-OH is 1. The minimum absolute atomic E-state index is 0.0704. The molecule has 0 unspecified atom stereocenters. The molecule has 0 spiro atoms. The van der Waals surface area contributed by atoms with Crippen molar-refractivity contribution in [3.63, 3.8) is 0 Å². The highest BCUT2D eigenvalue weighted by atomic mass is 16.5. The number of Topliss-reactive ketones (excluding diaryl/α,β-unsaturated/α-hetero) is 1. The number of amides is 1. The summed E-state index contributed by atoms with van der Waals surface area (Å²) in [6.45, 7) is 5.03. The lowest BCUT2D eigenvalue weighted by Gasteiger charge is -2.25. The van der Waals surface area contributed by atoms with Gasteiger partial charge in [-0.05, 0) is 49.6 Å². The SMILES string of the molecule is Cc1ccc([C@H]2C(=C(O)c3ccc4c(c3)C[C@@H](C)O4)C(=O)C(=O)N2CCCn2ccnc2)cc1. The number of hydrogen-bond donors (Lipinski definition) is 1. The van der Waals surface area contributed by atoms with Gasteiger partial charge in [0.15, 0.2) is 0 Å². The second-order valence-corrected chi connectivity index (χ2v) is 9.01. The van der Waals surface area contributed by atoms with Gasteiger partial charge in [0.2, 0.25) is 0 Å². The average Bonchev–Trinajstić information content (AvgIpc) is 3.53. The first-order valence-electron chi connectivity index (χ1n) is 11.5. The Morgan fingerprint density at radius 3 is 2.68 bits per heavy atom. The van der Waals surface area contributed by atoms with E-state index in [1.807, 2.05) is 61.0 Å². The van der Waals surface area contributed by atoms with E-state index in [2.05, 4.69) is 4.98 Å². The summed E-state index contributed by atoms with van der Waals surface area (Å²) >= 11 is 0. The maximum Gasteiger partial charge on any atom is 0.295 e. The number of ether oxygens (including phenoxy) is 1. The predicted octanol–water partition coefficient (Wildman–Crippen LogP) is 4.03. The van der Waals surface area contributed by atoms with E-state index < -0.39 is 17.7 Å². The van der Waals surface area contributed by atoms with E-state index >= 15 is 0 Å². The number of aryl methyl sites for hydroxylation is 2. The Morgan fingerprint density at radius 1 is 1.15 bits per heavy atom. The van der Waals surface area contributed by atoms with Crippen molar-refractivity contribution in [3.05, 3.63) is 89.0 Å². The third kappa shape index (κ3) is 3.98. The fourth-order valence-corrected chi connectivity index (χ4v) is 4.77. The predicted molar refractivity (Wildman–Crippen MR) is 127 cm³/mol. The maximum atomic E-state index is 13.2. The van der Waals surface area contributed by atoms with Crippen molar-refractivity contribution in [2.75, 3.05) is 6.54 Å². The van der Waals surface area contributed by atoms with Gasteiger partial charge >= 0.3 is 0 Å². The monoisotopic (exact) mass is 457 g/mol. The number of likely N-dealkylation sites (tertiary alicyclic amines) is 1. The highest BCUT2D eigenvalue weighted by molar-refractivity contribution is 6.46. The summed E-state index contributed by atoms with van der Waals surface area (Å²) in [5.41, 5.74) is 3.51.